The van der Waals surface area contributed by atoms with E-state index >= 15 is 0 Å². The second-order valence-electron chi connectivity index (χ2n) is 17.4. The number of pyridine rings is 1. The molecule has 0 spiro atoms. The quantitative estimate of drug-likeness (QED) is 0.0867. The van der Waals surface area contributed by atoms with Crippen LogP contribution >= 0.6 is 56.7 Å². The summed E-state index contributed by atoms with van der Waals surface area (Å²) in [5, 5.41) is 22.3. The molecule has 0 fully saturated rings. The van der Waals surface area contributed by atoms with Gasteiger partial charge in [-0.15, -0.1) is 56.7 Å². The number of amides is 5. The third kappa shape index (κ3) is 11.2. The number of nitrogens with two attached hydrogens (primary N) is 1. The number of carbonyl (C=O) groups is 5. The van der Waals surface area contributed by atoms with Crippen molar-refractivity contribution in [2.75, 3.05) is 26.4 Å². The number of nitrogens with one attached hydrogen (secondary N) is 5. The minimum absolute atomic E-state index is 0.0538. The summed E-state index contributed by atoms with van der Waals surface area (Å²) in [6.45, 7) is 7.25. The van der Waals surface area contributed by atoms with Crippen LogP contribution < -0.4 is 32.3 Å². The van der Waals surface area contributed by atoms with Gasteiger partial charge < -0.3 is 37.1 Å². The summed E-state index contributed by atoms with van der Waals surface area (Å²) >= 11 is 6.38. The molecular formula is C49H49N13O6S5. The van der Waals surface area contributed by atoms with Crippen molar-refractivity contribution >= 4 is 103 Å². The molecule has 1 unspecified atom stereocenters. The number of benzene rings is 1. The molecule has 376 valence electrons. The lowest BCUT2D eigenvalue weighted by Crippen LogP contribution is -2.40. The number of hydrogen-bond donors (Lipinski definition) is 6. The maximum absolute atomic E-state index is 14.2. The van der Waals surface area contributed by atoms with E-state index in [0.29, 0.717) is 81.1 Å². The van der Waals surface area contributed by atoms with E-state index in [4.69, 9.17) is 40.4 Å². The number of allylic oxidation sites excluding steroid dienone is 1. The molecule has 5 amide bonds. The normalized spacial score (nSPS) is 18.0. The van der Waals surface area contributed by atoms with Crippen molar-refractivity contribution in [1.29, 1.82) is 0 Å². The van der Waals surface area contributed by atoms with Crippen LogP contribution in [0, 0.1) is 12.8 Å². The van der Waals surface area contributed by atoms with E-state index in [-0.39, 0.29) is 54.4 Å². The van der Waals surface area contributed by atoms with Crippen LogP contribution in [0.3, 0.4) is 0 Å². The average Bonchev–Trinajstić information content (AvgIpc) is 4.26. The Morgan fingerprint density at radius 2 is 1.53 bits per heavy atom. The highest BCUT2D eigenvalue weighted by molar-refractivity contribution is 7.14. The molecule has 7 N–H and O–H groups in total. The van der Waals surface area contributed by atoms with Gasteiger partial charge in [-0.3, -0.25) is 24.0 Å². The van der Waals surface area contributed by atoms with E-state index in [0.717, 1.165) is 5.56 Å². The van der Waals surface area contributed by atoms with Gasteiger partial charge in [0.05, 0.1) is 71.1 Å². The van der Waals surface area contributed by atoms with Crippen molar-refractivity contribution in [2.45, 2.75) is 71.2 Å². The fourth-order valence-corrected chi connectivity index (χ4v) is 12.8. The molecule has 0 saturated heterocycles. The summed E-state index contributed by atoms with van der Waals surface area (Å²) < 4.78 is 5.46. The fourth-order valence-electron chi connectivity index (χ4n) is 8.10. The molecule has 9 rings (SSSR count). The Hall–Kier alpha value is -6.96. The van der Waals surface area contributed by atoms with Crippen LogP contribution in [0.25, 0.3) is 27.0 Å². The Bertz CT molecular complexity index is 3300. The van der Waals surface area contributed by atoms with Crippen molar-refractivity contribution in [2.24, 2.45) is 10.9 Å². The number of rotatable bonds is 8. The lowest BCUT2D eigenvalue weighted by molar-refractivity contribution is -0.121. The average molecular weight is 1080 g/mol. The zero-order chi connectivity index (χ0) is 51.5. The highest BCUT2D eigenvalue weighted by Crippen LogP contribution is 2.38. The minimum Gasteiger partial charge on any atom is -0.383 e. The Kier molecular flexibility index (Phi) is 15.4. The topological polar surface area (TPSA) is 270 Å². The van der Waals surface area contributed by atoms with Gasteiger partial charge in [-0.1, -0.05) is 57.2 Å². The maximum atomic E-state index is 14.2. The summed E-state index contributed by atoms with van der Waals surface area (Å²) in [6.07, 6.45) is 2.20. The van der Waals surface area contributed by atoms with E-state index in [1.807, 2.05) is 74.7 Å². The number of methoxy groups -OCH3 is 1. The zero-order valence-electron chi connectivity index (χ0n) is 40.3. The largest absolute Gasteiger partial charge is 0.383 e. The van der Waals surface area contributed by atoms with Crippen LogP contribution in [0.5, 0.6) is 0 Å². The number of nitrogens with zero attached hydrogens (tertiary/aromatic N) is 7. The van der Waals surface area contributed by atoms with Gasteiger partial charge in [-0.05, 0) is 30.5 Å². The van der Waals surface area contributed by atoms with Crippen LogP contribution in [-0.2, 0) is 20.9 Å². The number of thiazole rings is 5. The smallest absolute Gasteiger partial charge is 0.271 e. The lowest BCUT2D eigenvalue weighted by atomic mass is 9.93. The van der Waals surface area contributed by atoms with Gasteiger partial charge in [0.15, 0.2) is 0 Å². The first-order chi connectivity index (χ1) is 35.2. The molecule has 0 radical (unpaired) electrons. The Labute approximate surface area is 439 Å². The Balaban J connectivity index is 1.12. The SMILES string of the molecule is CNC(=O)C[C@@H]1NC(=O)c2csc(n2)-c2ccc(-c3nc(N)cs3)nc2C2=CCC(=N2)c2csc(n2)[C@H]([C@@H](C)c2ccccc2)NC(=O)CNC(=O)c2nc(sc2COC)C(C(C)C)NC(=O)c2nc1sc2C. The number of anilines is 1. The summed E-state index contributed by atoms with van der Waals surface area (Å²) in [7, 11) is 3.00. The summed E-state index contributed by atoms with van der Waals surface area (Å²) in [4.78, 5) is 104. The van der Waals surface area contributed by atoms with E-state index in [9.17, 15) is 24.0 Å². The van der Waals surface area contributed by atoms with Crippen molar-refractivity contribution in [1.82, 2.24) is 56.5 Å². The van der Waals surface area contributed by atoms with Crippen LogP contribution in [-0.4, -0.2) is 85.9 Å². The molecular weight excluding hydrogens is 1030 g/mol. The number of aromatic nitrogens is 6. The Morgan fingerprint density at radius 1 is 0.767 bits per heavy atom. The van der Waals surface area contributed by atoms with Gasteiger partial charge in [0.1, 0.15) is 47.9 Å². The number of aryl methyl sites for hydroxylation is 1. The maximum Gasteiger partial charge on any atom is 0.271 e. The highest BCUT2D eigenvalue weighted by atomic mass is 32.1. The number of nitrogen functional groups attached to an aromatic ring is 1. The number of ether oxygens (including phenoxy) is 1. The van der Waals surface area contributed by atoms with Gasteiger partial charge in [-0.2, -0.15) is 0 Å². The molecule has 8 heterocycles. The second-order valence-corrected chi connectivity index (χ2v) is 22.3. The third-order valence-electron chi connectivity index (χ3n) is 11.9. The second kappa shape index (κ2) is 22.0. The predicted molar refractivity (Wildman–Crippen MR) is 284 cm³/mol. The molecule has 10 bridgehead atoms. The van der Waals surface area contributed by atoms with Gasteiger partial charge in [0.25, 0.3) is 17.7 Å². The number of fused-ring (bicyclic) bond motifs is 13. The van der Waals surface area contributed by atoms with Crippen LogP contribution in [0.15, 0.2) is 69.7 Å². The van der Waals surface area contributed by atoms with E-state index in [1.165, 1.54) is 70.8 Å². The molecule has 6 aromatic heterocycles. The zero-order valence-corrected chi connectivity index (χ0v) is 44.3. The first-order valence-corrected chi connectivity index (χ1v) is 27.3. The molecule has 0 saturated carbocycles. The molecule has 2 aliphatic heterocycles. The van der Waals surface area contributed by atoms with Gasteiger partial charge in [-0.25, -0.2) is 34.9 Å². The Morgan fingerprint density at radius 3 is 2.27 bits per heavy atom. The first-order valence-electron chi connectivity index (χ1n) is 23.0. The molecule has 7 aromatic rings. The van der Waals surface area contributed by atoms with Crippen molar-refractivity contribution in [3.8, 4) is 21.3 Å². The first kappa shape index (κ1) is 51.0. The van der Waals surface area contributed by atoms with Crippen molar-refractivity contribution < 1.29 is 28.7 Å². The number of carbonyl (C=O) groups excluding carboxylic acids is 5. The molecule has 2 aliphatic rings. The van der Waals surface area contributed by atoms with Crippen LogP contribution in [0.1, 0.15) is 131 Å². The lowest BCUT2D eigenvalue weighted by Gasteiger charge is -2.24. The van der Waals surface area contributed by atoms with Crippen molar-refractivity contribution in [3.05, 3.63) is 123 Å². The predicted octanol–water partition coefficient (Wildman–Crippen LogP) is 7.41. The minimum atomic E-state index is -0.930. The van der Waals surface area contributed by atoms with E-state index < -0.39 is 41.8 Å². The van der Waals surface area contributed by atoms with Crippen molar-refractivity contribution in [3.63, 3.8) is 0 Å². The van der Waals surface area contributed by atoms with Gasteiger partial charge in [0, 0.05) is 53.1 Å². The molecule has 19 nitrogen and oxygen atoms in total. The highest BCUT2D eigenvalue weighted by Gasteiger charge is 2.32. The standard InChI is InChI=1S/C49H49N13O6S5/c1-22(2)37-49-62-41(33(73-49)18-68-6)43(66)52-17-36(64)59-38(23(3)25-10-8-7-9-11-25)48-56-31(19-70-48)27-14-15-28(53-27)40-26(12-13-29(54-40)46-58-34(50)21-71-46)45-57-32(20-69-45)42(65)55-30(16-35(63)51-5)47-61-39(24(4)72-47)44(67)60-37/h7-13,15,19-23,30,37-38H,14,16-18,50H2,1-6H3,(H,51,63)(H,52,66)(H,55,65)(H,59,64)(H,60,67)/t23-,30-,37?,38-/m0/s1. The molecule has 73 heavy (non-hydrogen) atoms. The summed E-state index contributed by atoms with van der Waals surface area (Å²) in [5.74, 6) is -2.54. The summed E-state index contributed by atoms with van der Waals surface area (Å²) in [6, 6.07) is 11.3. The molecule has 1 aromatic carbocycles. The molecule has 24 heteroatoms. The molecule has 4 atom stereocenters. The number of aliphatic imine (C=N–C) groups is 1. The fraction of sp³-hybridized carbons (Fsp3) is 0.306. The third-order valence-corrected chi connectivity index (χ3v) is 16.8. The molecule has 0 aliphatic carbocycles. The van der Waals surface area contributed by atoms with Crippen LogP contribution in [0.4, 0.5) is 5.82 Å². The number of hydrogen-bond acceptors (Lipinski definition) is 19. The monoisotopic (exact) mass is 1080 g/mol. The van der Waals surface area contributed by atoms with Gasteiger partial charge >= 0.3 is 0 Å². The van der Waals surface area contributed by atoms with E-state index in [1.54, 1.807) is 17.7 Å². The summed E-state index contributed by atoms with van der Waals surface area (Å²) in [5.41, 5.74) is 10.8. The van der Waals surface area contributed by atoms with Gasteiger partial charge in [0.2, 0.25) is 11.8 Å². The van der Waals surface area contributed by atoms with E-state index in [2.05, 4.69) is 31.6 Å². The van der Waals surface area contributed by atoms with Crippen LogP contribution in [0.2, 0.25) is 0 Å².